The molecule has 1 rings (SSSR count). The summed E-state index contributed by atoms with van der Waals surface area (Å²) in [5.41, 5.74) is 0. The van der Waals surface area contributed by atoms with E-state index in [1.165, 1.54) is 0 Å². The maximum atomic E-state index is 11.6. The molecule has 1 heterocycles. The van der Waals surface area contributed by atoms with Crippen molar-refractivity contribution in [3.8, 4) is 0 Å². The first-order chi connectivity index (χ1) is 8.40. The van der Waals surface area contributed by atoms with Crippen LogP contribution in [-0.2, 0) is 19.1 Å². The summed E-state index contributed by atoms with van der Waals surface area (Å²) in [5.74, 6) is -1.80. The number of rotatable bonds is 5. The van der Waals surface area contributed by atoms with E-state index < -0.39 is 24.1 Å². The highest BCUT2D eigenvalue weighted by Gasteiger charge is 2.34. The Labute approximate surface area is 105 Å². The highest BCUT2D eigenvalue weighted by Crippen LogP contribution is 2.19. The molecule has 7 heteroatoms. The molecule has 0 bridgehead atoms. The van der Waals surface area contributed by atoms with E-state index in [-0.39, 0.29) is 18.5 Å². The fourth-order valence-corrected chi connectivity index (χ4v) is 1.67. The molecule has 1 saturated heterocycles. The first-order valence-corrected chi connectivity index (χ1v) is 5.85. The third-order valence-corrected chi connectivity index (χ3v) is 2.46. The van der Waals surface area contributed by atoms with Crippen molar-refractivity contribution in [2.45, 2.75) is 44.9 Å². The van der Waals surface area contributed by atoms with E-state index in [1.807, 2.05) is 13.8 Å². The van der Waals surface area contributed by atoms with Crippen LogP contribution in [0.2, 0.25) is 0 Å². The number of carboxylic acid groups (broad SMARTS) is 1. The van der Waals surface area contributed by atoms with E-state index in [9.17, 15) is 14.4 Å². The summed E-state index contributed by atoms with van der Waals surface area (Å²) in [6, 6.07) is 0.00789. The second kappa shape index (κ2) is 6.34. The number of amides is 2. The van der Waals surface area contributed by atoms with Crippen molar-refractivity contribution in [1.82, 2.24) is 10.6 Å². The summed E-state index contributed by atoms with van der Waals surface area (Å²) >= 11 is 0. The van der Waals surface area contributed by atoms with Crippen LogP contribution in [0.3, 0.4) is 0 Å². The fourth-order valence-electron chi connectivity index (χ4n) is 1.67. The van der Waals surface area contributed by atoms with Gasteiger partial charge in [0.05, 0.1) is 6.54 Å². The van der Waals surface area contributed by atoms with Gasteiger partial charge in [-0.2, -0.15) is 0 Å². The Balaban J connectivity index is 2.30. The predicted molar refractivity (Wildman–Crippen MR) is 61.8 cm³/mol. The number of ether oxygens (including phenoxy) is 1. The summed E-state index contributed by atoms with van der Waals surface area (Å²) in [6.45, 7) is 3.50. The SMILES string of the molecule is CC(C)NC(=O)CNC(=O)C1CCC(C(=O)O)O1. The third-order valence-electron chi connectivity index (χ3n) is 2.46. The van der Waals surface area contributed by atoms with Gasteiger partial charge < -0.3 is 20.5 Å². The second-order valence-electron chi connectivity index (χ2n) is 4.47. The van der Waals surface area contributed by atoms with Crippen LogP contribution in [0.5, 0.6) is 0 Å². The number of carbonyl (C=O) groups is 3. The fraction of sp³-hybridized carbons (Fsp3) is 0.727. The zero-order valence-electron chi connectivity index (χ0n) is 10.4. The quantitative estimate of drug-likeness (QED) is 0.602. The zero-order valence-corrected chi connectivity index (χ0v) is 10.4. The highest BCUT2D eigenvalue weighted by atomic mass is 16.5. The summed E-state index contributed by atoms with van der Waals surface area (Å²) in [6.07, 6.45) is -1.04. The van der Waals surface area contributed by atoms with Gasteiger partial charge in [-0.05, 0) is 26.7 Å². The van der Waals surface area contributed by atoms with Gasteiger partial charge >= 0.3 is 5.97 Å². The van der Waals surface area contributed by atoms with Crippen LogP contribution in [0.4, 0.5) is 0 Å². The standard InChI is InChI=1S/C11H18N2O5/c1-6(2)13-9(14)5-12-10(15)7-3-4-8(18-7)11(16)17/h6-8H,3-5H2,1-2H3,(H,12,15)(H,13,14)(H,16,17). The first kappa shape index (κ1) is 14.4. The molecular formula is C11H18N2O5. The Morgan fingerprint density at radius 2 is 1.89 bits per heavy atom. The average Bonchev–Trinajstić information content (AvgIpc) is 2.74. The number of nitrogens with one attached hydrogen (secondary N) is 2. The molecule has 2 atom stereocenters. The zero-order chi connectivity index (χ0) is 13.7. The van der Waals surface area contributed by atoms with E-state index in [0.717, 1.165) is 0 Å². The molecule has 102 valence electrons. The lowest BCUT2D eigenvalue weighted by atomic mass is 10.2. The maximum Gasteiger partial charge on any atom is 0.332 e. The van der Waals surface area contributed by atoms with Gasteiger partial charge in [-0.1, -0.05) is 0 Å². The molecule has 2 unspecified atom stereocenters. The Morgan fingerprint density at radius 1 is 1.28 bits per heavy atom. The van der Waals surface area contributed by atoms with Crippen molar-refractivity contribution < 1.29 is 24.2 Å². The van der Waals surface area contributed by atoms with Crippen molar-refractivity contribution in [1.29, 1.82) is 0 Å². The molecule has 1 aliphatic rings. The van der Waals surface area contributed by atoms with E-state index in [1.54, 1.807) is 0 Å². The third kappa shape index (κ3) is 4.33. The summed E-state index contributed by atoms with van der Waals surface area (Å²) in [7, 11) is 0. The van der Waals surface area contributed by atoms with Gasteiger partial charge in [-0.3, -0.25) is 9.59 Å². The van der Waals surface area contributed by atoms with Crippen molar-refractivity contribution in [3.63, 3.8) is 0 Å². The van der Waals surface area contributed by atoms with Crippen molar-refractivity contribution in [2.24, 2.45) is 0 Å². The summed E-state index contributed by atoms with van der Waals surface area (Å²) < 4.78 is 5.05. The molecule has 1 fully saturated rings. The molecule has 3 N–H and O–H groups in total. The van der Waals surface area contributed by atoms with Crippen LogP contribution in [0.15, 0.2) is 0 Å². The second-order valence-corrected chi connectivity index (χ2v) is 4.47. The average molecular weight is 258 g/mol. The van der Waals surface area contributed by atoms with Gasteiger partial charge in [-0.25, -0.2) is 4.79 Å². The topological polar surface area (TPSA) is 105 Å². The minimum Gasteiger partial charge on any atom is -0.479 e. The van der Waals surface area contributed by atoms with Crippen molar-refractivity contribution >= 4 is 17.8 Å². The minimum atomic E-state index is -1.07. The van der Waals surface area contributed by atoms with Crippen LogP contribution in [0.25, 0.3) is 0 Å². The van der Waals surface area contributed by atoms with Gasteiger partial charge in [-0.15, -0.1) is 0 Å². The number of carbonyl (C=O) groups excluding carboxylic acids is 2. The molecule has 0 aliphatic carbocycles. The summed E-state index contributed by atoms with van der Waals surface area (Å²) in [4.78, 5) is 33.5. The number of hydrogen-bond acceptors (Lipinski definition) is 4. The lowest BCUT2D eigenvalue weighted by Gasteiger charge is -2.12. The van der Waals surface area contributed by atoms with Crippen LogP contribution in [0, 0.1) is 0 Å². The largest absolute Gasteiger partial charge is 0.479 e. The van der Waals surface area contributed by atoms with Gasteiger partial charge in [0.15, 0.2) is 6.10 Å². The number of aliphatic carboxylic acids is 1. The molecule has 0 aromatic rings. The van der Waals surface area contributed by atoms with Crippen molar-refractivity contribution in [2.75, 3.05) is 6.54 Å². The number of hydrogen-bond donors (Lipinski definition) is 3. The molecule has 2 amide bonds. The number of carboxylic acids is 1. The highest BCUT2D eigenvalue weighted by molar-refractivity contribution is 5.87. The Morgan fingerprint density at radius 3 is 2.39 bits per heavy atom. The summed E-state index contributed by atoms with van der Waals surface area (Å²) in [5, 5.41) is 13.8. The first-order valence-electron chi connectivity index (χ1n) is 5.85. The minimum absolute atomic E-state index is 0.00789. The van der Waals surface area contributed by atoms with Crippen LogP contribution in [0.1, 0.15) is 26.7 Å². The maximum absolute atomic E-state index is 11.6. The van der Waals surface area contributed by atoms with E-state index in [0.29, 0.717) is 12.8 Å². The Bertz CT molecular complexity index is 342. The molecule has 0 spiro atoms. The predicted octanol–water partition coefficient (Wildman–Crippen LogP) is -0.741. The Hall–Kier alpha value is -1.63. The molecule has 18 heavy (non-hydrogen) atoms. The van der Waals surface area contributed by atoms with E-state index in [2.05, 4.69) is 10.6 Å². The molecule has 7 nitrogen and oxygen atoms in total. The van der Waals surface area contributed by atoms with Crippen LogP contribution >= 0.6 is 0 Å². The van der Waals surface area contributed by atoms with Gasteiger partial charge in [0.2, 0.25) is 11.8 Å². The molecular weight excluding hydrogens is 240 g/mol. The lowest BCUT2D eigenvalue weighted by Crippen LogP contribution is -2.43. The van der Waals surface area contributed by atoms with E-state index >= 15 is 0 Å². The Kier molecular flexibility index (Phi) is 5.08. The van der Waals surface area contributed by atoms with Crippen LogP contribution < -0.4 is 10.6 Å². The van der Waals surface area contributed by atoms with Gasteiger partial charge in [0, 0.05) is 6.04 Å². The normalized spacial score (nSPS) is 22.8. The van der Waals surface area contributed by atoms with Gasteiger partial charge in [0.1, 0.15) is 6.10 Å². The molecule has 0 saturated carbocycles. The molecule has 0 radical (unpaired) electrons. The monoisotopic (exact) mass is 258 g/mol. The lowest BCUT2D eigenvalue weighted by molar-refractivity contribution is -0.152. The smallest absolute Gasteiger partial charge is 0.332 e. The van der Waals surface area contributed by atoms with Crippen LogP contribution in [-0.4, -0.2) is 47.7 Å². The van der Waals surface area contributed by atoms with E-state index in [4.69, 9.17) is 9.84 Å². The molecule has 1 aliphatic heterocycles. The molecule has 0 aromatic carbocycles. The molecule has 0 aromatic heterocycles. The van der Waals surface area contributed by atoms with Gasteiger partial charge in [0.25, 0.3) is 0 Å². The van der Waals surface area contributed by atoms with Crippen molar-refractivity contribution in [3.05, 3.63) is 0 Å².